The van der Waals surface area contributed by atoms with E-state index in [0.717, 1.165) is 37.8 Å². The Morgan fingerprint density at radius 1 is 0.500 bits per heavy atom. The summed E-state index contributed by atoms with van der Waals surface area (Å²) in [6, 6.07) is 1.72. The number of nitrogens with zero attached hydrogens (tertiary/aromatic N) is 4. The highest BCUT2D eigenvalue weighted by Crippen LogP contribution is 2.26. The van der Waals surface area contributed by atoms with Gasteiger partial charge in [0.05, 0.1) is 0 Å². The van der Waals surface area contributed by atoms with Gasteiger partial charge in [-0.1, -0.05) is 38.5 Å². The van der Waals surface area contributed by atoms with Crippen LogP contribution in [0.4, 0.5) is 0 Å². The quantitative estimate of drug-likeness (QED) is 0.688. The third kappa shape index (κ3) is 4.95. The molecule has 2 heterocycles. The van der Waals surface area contributed by atoms with Crippen LogP contribution in [0.1, 0.15) is 89.9 Å². The summed E-state index contributed by atoms with van der Waals surface area (Å²) in [6.07, 6.45) is 18.9. The van der Waals surface area contributed by atoms with Crippen molar-refractivity contribution in [2.45, 2.75) is 102 Å². The summed E-state index contributed by atoms with van der Waals surface area (Å²) in [4.78, 5) is 5.46. The average Bonchev–Trinajstić information content (AvgIpc) is 2.74. The zero-order chi connectivity index (χ0) is 17.6. The molecule has 0 radical (unpaired) electrons. The summed E-state index contributed by atoms with van der Waals surface area (Å²) < 4.78 is 0. The minimum atomic E-state index is 0.862. The molecule has 4 fully saturated rings. The van der Waals surface area contributed by atoms with E-state index >= 15 is 0 Å². The van der Waals surface area contributed by atoms with Gasteiger partial charge in [-0.2, -0.15) is 10.2 Å². The van der Waals surface area contributed by atoms with Gasteiger partial charge in [0.2, 0.25) is 0 Å². The summed E-state index contributed by atoms with van der Waals surface area (Å²) in [5.74, 6) is 0. The Balaban J connectivity index is 1.21. The molecule has 0 aromatic carbocycles. The van der Waals surface area contributed by atoms with Gasteiger partial charge in [0.1, 0.15) is 0 Å². The van der Waals surface area contributed by atoms with Crippen LogP contribution < -0.4 is 0 Å². The van der Waals surface area contributed by atoms with Gasteiger partial charge in [-0.3, -0.25) is 9.80 Å². The fourth-order valence-corrected chi connectivity index (χ4v) is 5.53. The molecule has 0 aromatic rings. The van der Waals surface area contributed by atoms with Crippen molar-refractivity contribution in [3.63, 3.8) is 0 Å². The van der Waals surface area contributed by atoms with Crippen LogP contribution in [0.3, 0.4) is 0 Å². The predicted molar refractivity (Wildman–Crippen MR) is 110 cm³/mol. The zero-order valence-electron chi connectivity index (χ0n) is 16.7. The van der Waals surface area contributed by atoms with E-state index in [1.807, 2.05) is 0 Å². The first kappa shape index (κ1) is 18.6. The second kappa shape index (κ2) is 9.45. The Morgan fingerprint density at radius 2 is 0.846 bits per heavy atom. The number of hydrogen-bond acceptors (Lipinski definition) is 4. The van der Waals surface area contributed by atoms with Crippen molar-refractivity contribution in [2.75, 3.05) is 26.2 Å². The van der Waals surface area contributed by atoms with Crippen molar-refractivity contribution in [1.82, 2.24) is 9.80 Å². The van der Waals surface area contributed by atoms with Crippen molar-refractivity contribution in [3.8, 4) is 0 Å². The third-order valence-corrected chi connectivity index (χ3v) is 7.27. The van der Waals surface area contributed by atoms with Crippen LogP contribution in [0.5, 0.6) is 0 Å². The molecule has 4 nitrogen and oxygen atoms in total. The van der Waals surface area contributed by atoms with Gasteiger partial charge in [0.15, 0.2) is 0 Å². The second-order valence-corrected chi connectivity index (χ2v) is 8.99. The van der Waals surface area contributed by atoms with E-state index in [1.54, 1.807) is 0 Å². The number of rotatable bonds is 3. The summed E-state index contributed by atoms with van der Waals surface area (Å²) in [5.41, 5.74) is 2.69. The van der Waals surface area contributed by atoms with Crippen molar-refractivity contribution in [1.29, 1.82) is 0 Å². The molecule has 26 heavy (non-hydrogen) atoms. The van der Waals surface area contributed by atoms with Crippen LogP contribution in [-0.2, 0) is 0 Å². The summed E-state index contributed by atoms with van der Waals surface area (Å²) in [6.45, 7) is 4.85. The molecular weight excluding hydrogens is 320 g/mol. The van der Waals surface area contributed by atoms with Crippen LogP contribution in [0.25, 0.3) is 0 Å². The first-order valence-corrected chi connectivity index (χ1v) is 11.5. The first-order chi connectivity index (χ1) is 12.9. The molecule has 4 rings (SSSR count). The standard InChI is InChI=1S/C22H38N4/c1-3-7-21(8-4-1)25-15-11-19(12-16-25)23-24-20-13-17-26(18-14-20)22-9-5-2-6-10-22/h21-22H,1-18H2. The molecule has 0 amide bonds. The van der Waals surface area contributed by atoms with E-state index in [4.69, 9.17) is 0 Å². The number of likely N-dealkylation sites (tertiary alicyclic amines) is 2. The molecule has 0 aromatic heterocycles. The SMILES string of the molecule is C1CCC(N2CCC(=NN=C3CCN(C4CCCCC4)CC3)CC2)CC1. The Hall–Kier alpha value is -0.740. The largest absolute Gasteiger partial charge is 0.300 e. The number of hydrogen-bond donors (Lipinski definition) is 0. The van der Waals surface area contributed by atoms with E-state index in [0.29, 0.717) is 0 Å². The lowest BCUT2D eigenvalue weighted by Gasteiger charge is -2.37. The smallest absolute Gasteiger partial charge is 0.0431 e. The van der Waals surface area contributed by atoms with Crippen molar-refractivity contribution in [2.24, 2.45) is 10.2 Å². The van der Waals surface area contributed by atoms with Crippen LogP contribution >= 0.6 is 0 Å². The third-order valence-electron chi connectivity index (χ3n) is 7.27. The van der Waals surface area contributed by atoms with Gasteiger partial charge in [0, 0.05) is 75.4 Å². The molecule has 2 saturated carbocycles. The zero-order valence-corrected chi connectivity index (χ0v) is 16.7. The lowest BCUT2D eigenvalue weighted by Crippen LogP contribution is -2.42. The van der Waals surface area contributed by atoms with Crippen molar-refractivity contribution >= 4 is 11.4 Å². The van der Waals surface area contributed by atoms with Crippen LogP contribution in [0.15, 0.2) is 10.2 Å². The van der Waals surface area contributed by atoms with Gasteiger partial charge in [-0.05, 0) is 25.7 Å². The molecule has 146 valence electrons. The monoisotopic (exact) mass is 358 g/mol. The fourth-order valence-electron chi connectivity index (χ4n) is 5.53. The Morgan fingerprint density at radius 3 is 1.19 bits per heavy atom. The fraction of sp³-hybridized carbons (Fsp3) is 0.909. The molecule has 4 heteroatoms. The van der Waals surface area contributed by atoms with Gasteiger partial charge < -0.3 is 0 Å². The number of piperidine rings is 2. The van der Waals surface area contributed by atoms with Crippen LogP contribution in [-0.4, -0.2) is 59.5 Å². The lowest BCUT2D eigenvalue weighted by molar-refractivity contribution is 0.155. The lowest BCUT2D eigenvalue weighted by atomic mass is 9.92. The minimum absolute atomic E-state index is 0.862. The summed E-state index contributed by atoms with van der Waals surface area (Å²) >= 11 is 0. The molecule has 0 spiro atoms. The predicted octanol–water partition coefficient (Wildman–Crippen LogP) is 4.64. The molecule has 2 aliphatic heterocycles. The van der Waals surface area contributed by atoms with Crippen molar-refractivity contribution in [3.05, 3.63) is 0 Å². The van der Waals surface area contributed by atoms with Gasteiger partial charge >= 0.3 is 0 Å². The van der Waals surface area contributed by atoms with E-state index in [2.05, 4.69) is 20.0 Å². The van der Waals surface area contributed by atoms with Crippen molar-refractivity contribution < 1.29 is 0 Å². The molecule has 0 N–H and O–H groups in total. The molecule has 0 unspecified atom stereocenters. The van der Waals surface area contributed by atoms with Gasteiger partial charge in [-0.15, -0.1) is 0 Å². The average molecular weight is 359 g/mol. The van der Waals surface area contributed by atoms with Crippen LogP contribution in [0, 0.1) is 0 Å². The van der Waals surface area contributed by atoms with Gasteiger partial charge in [-0.25, -0.2) is 0 Å². The van der Waals surface area contributed by atoms with E-state index in [-0.39, 0.29) is 0 Å². The molecular formula is C22H38N4. The van der Waals surface area contributed by atoms with E-state index in [9.17, 15) is 0 Å². The molecule has 2 aliphatic carbocycles. The highest BCUT2D eigenvalue weighted by molar-refractivity contribution is 5.89. The highest BCUT2D eigenvalue weighted by atomic mass is 15.2. The maximum atomic E-state index is 4.68. The van der Waals surface area contributed by atoms with E-state index < -0.39 is 0 Å². The Kier molecular flexibility index (Phi) is 6.77. The molecule has 2 saturated heterocycles. The topological polar surface area (TPSA) is 31.2 Å². The maximum absolute atomic E-state index is 4.68. The molecule has 0 atom stereocenters. The summed E-state index contributed by atoms with van der Waals surface area (Å²) in [5, 5.41) is 9.37. The Labute approximate surface area is 160 Å². The Bertz CT molecular complexity index is 434. The highest BCUT2D eigenvalue weighted by Gasteiger charge is 2.25. The maximum Gasteiger partial charge on any atom is 0.0431 e. The van der Waals surface area contributed by atoms with E-state index in [1.165, 1.54) is 102 Å². The minimum Gasteiger partial charge on any atom is -0.300 e. The van der Waals surface area contributed by atoms with Gasteiger partial charge in [0.25, 0.3) is 0 Å². The van der Waals surface area contributed by atoms with Crippen LogP contribution in [0.2, 0.25) is 0 Å². The molecule has 0 bridgehead atoms. The first-order valence-electron chi connectivity index (χ1n) is 11.5. The summed E-state index contributed by atoms with van der Waals surface area (Å²) in [7, 11) is 0. The second-order valence-electron chi connectivity index (χ2n) is 8.99. The normalized spacial score (nSPS) is 28.3. The molecule has 4 aliphatic rings.